The van der Waals surface area contributed by atoms with Crippen LogP contribution in [0.1, 0.15) is 33.6 Å². The summed E-state index contributed by atoms with van der Waals surface area (Å²) in [5.41, 5.74) is 3.06. The molecule has 1 saturated carbocycles. The van der Waals surface area contributed by atoms with Gasteiger partial charge in [-0.25, -0.2) is 0 Å². The fourth-order valence-electron chi connectivity index (χ4n) is 2.03. The normalized spacial score (nSPS) is 30.6. The molecule has 0 heteroatoms. The van der Waals surface area contributed by atoms with E-state index in [1.807, 2.05) is 0 Å². The monoisotopic (exact) mass is 150 g/mol. The van der Waals surface area contributed by atoms with Gasteiger partial charge in [0.2, 0.25) is 0 Å². The van der Waals surface area contributed by atoms with Crippen LogP contribution in [-0.4, -0.2) is 0 Å². The van der Waals surface area contributed by atoms with Crippen molar-refractivity contribution in [3.05, 3.63) is 24.3 Å². The van der Waals surface area contributed by atoms with Gasteiger partial charge in [-0.1, -0.05) is 45.1 Å². The minimum absolute atomic E-state index is 0.286. The molecule has 0 radical (unpaired) electrons. The Morgan fingerprint density at radius 3 is 2.36 bits per heavy atom. The van der Waals surface area contributed by atoms with Gasteiger partial charge in [0.25, 0.3) is 0 Å². The third-order valence-corrected chi connectivity index (χ3v) is 2.75. The van der Waals surface area contributed by atoms with Crippen molar-refractivity contribution in [1.82, 2.24) is 0 Å². The van der Waals surface area contributed by atoms with Gasteiger partial charge in [-0.05, 0) is 24.2 Å². The van der Waals surface area contributed by atoms with E-state index in [4.69, 9.17) is 0 Å². The van der Waals surface area contributed by atoms with Crippen LogP contribution in [0.3, 0.4) is 0 Å². The Labute approximate surface area is 70.0 Å². The summed E-state index contributed by atoms with van der Waals surface area (Å²) < 4.78 is 0. The van der Waals surface area contributed by atoms with Gasteiger partial charge in [-0.3, -0.25) is 0 Å². The Morgan fingerprint density at radius 1 is 1.36 bits per heavy atom. The van der Waals surface area contributed by atoms with E-state index in [1.165, 1.54) is 11.1 Å². The standard InChI is InChI=1S/C11H18/c1-8-6-9(2)10(3)11(4,5)7-8/h9H,1,3,6-7H2,2,4-5H3/t9-/m1/s1. The third kappa shape index (κ3) is 1.55. The van der Waals surface area contributed by atoms with Gasteiger partial charge >= 0.3 is 0 Å². The van der Waals surface area contributed by atoms with Crippen LogP contribution in [0.5, 0.6) is 0 Å². The van der Waals surface area contributed by atoms with Crippen LogP contribution in [0.25, 0.3) is 0 Å². The van der Waals surface area contributed by atoms with Crippen molar-refractivity contribution in [2.24, 2.45) is 11.3 Å². The highest BCUT2D eigenvalue weighted by atomic mass is 14.4. The van der Waals surface area contributed by atoms with E-state index in [0.29, 0.717) is 5.92 Å². The summed E-state index contributed by atoms with van der Waals surface area (Å²) in [6.45, 7) is 15.0. The number of rotatable bonds is 0. The molecular weight excluding hydrogens is 132 g/mol. The van der Waals surface area contributed by atoms with E-state index < -0.39 is 0 Å². The Morgan fingerprint density at radius 2 is 1.91 bits per heavy atom. The summed E-state index contributed by atoms with van der Waals surface area (Å²) in [5, 5.41) is 0. The van der Waals surface area contributed by atoms with E-state index >= 15 is 0 Å². The zero-order chi connectivity index (χ0) is 8.65. The smallest absolute Gasteiger partial charge is 0.0108 e. The Bertz CT molecular complexity index is 196. The van der Waals surface area contributed by atoms with E-state index in [0.717, 1.165) is 12.8 Å². The van der Waals surface area contributed by atoms with Gasteiger partial charge in [-0.15, -0.1) is 0 Å². The summed E-state index contributed by atoms with van der Waals surface area (Å²) in [6.07, 6.45) is 2.26. The van der Waals surface area contributed by atoms with Crippen LogP contribution in [0.4, 0.5) is 0 Å². The van der Waals surface area contributed by atoms with Gasteiger partial charge in [0.15, 0.2) is 0 Å². The van der Waals surface area contributed by atoms with Gasteiger partial charge in [0.05, 0.1) is 0 Å². The molecule has 0 aromatic rings. The van der Waals surface area contributed by atoms with Crippen molar-refractivity contribution in [1.29, 1.82) is 0 Å². The first-order valence-electron chi connectivity index (χ1n) is 4.29. The molecule has 0 aromatic carbocycles. The molecule has 1 rings (SSSR count). The van der Waals surface area contributed by atoms with E-state index in [-0.39, 0.29) is 5.41 Å². The van der Waals surface area contributed by atoms with Gasteiger partial charge in [-0.2, -0.15) is 0 Å². The van der Waals surface area contributed by atoms with Gasteiger partial charge in [0, 0.05) is 0 Å². The Kier molecular flexibility index (Phi) is 1.96. The maximum atomic E-state index is 4.14. The molecule has 1 aliphatic rings. The summed E-state index contributed by atoms with van der Waals surface area (Å²) >= 11 is 0. The van der Waals surface area contributed by atoms with Crippen LogP contribution < -0.4 is 0 Å². The summed E-state index contributed by atoms with van der Waals surface area (Å²) in [7, 11) is 0. The maximum Gasteiger partial charge on any atom is -0.0108 e. The fraction of sp³-hybridized carbons (Fsp3) is 0.636. The fourth-order valence-corrected chi connectivity index (χ4v) is 2.03. The molecule has 0 aliphatic heterocycles. The predicted octanol–water partition coefficient (Wildman–Crippen LogP) is 3.55. The van der Waals surface area contributed by atoms with Crippen molar-refractivity contribution in [3.8, 4) is 0 Å². The first-order valence-corrected chi connectivity index (χ1v) is 4.29. The molecule has 62 valence electrons. The lowest BCUT2D eigenvalue weighted by molar-refractivity contribution is 0.347. The van der Waals surface area contributed by atoms with Crippen LogP contribution in [0, 0.1) is 11.3 Å². The molecule has 0 bridgehead atoms. The molecule has 11 heavy (non-hydrogen) atoms. The largest absolute Gasteiger partial charge is 0.0998 e. The highest BCUT2D eigenvalue weighted by Gasteiger charge is 2.31. The zero-order valence-electron chi connectivity index (χ0n) is 7.91. The molecule has 0 aromatic heterocycles. The molecule has 0 amide bonds. The average Bonchev–Trinajstić information content (AvgIpc) is 1.81. The summed E-state index contributed by atoms with van der Waals surface area (Å²) in [6, 6.07) is 0. The molecule has 0 N–H and O–H groups in total. The first kappa shape index (κ1) is 8.58. The van der Waals surface area contributed by atoms with Crippen molar-refractivity contribution in [3.63, 3.8) is 0 Å². The molecule has 1 aliphatic carbocycles. The van der Waals surface area contributed by atoms with Crippen molar-refractivity contribution >= 4 is 0 Å². The van der Waals surface area contributed by atoms with E-state index in [2.05, 4.69) is 33.9 Å². The first-order chi connectivity index (χ1) is 4.93. The number of allylic oxidation sites excluding steroid dienone is 2. The molecule has 1 fully saturated rings. The maximum absolute atomic E-state index is 4.14. The predicted molar refractivity (Wildman–Crippen MR) is 50.5 cm³/mol. The van der Waals surface area contributed by atoms with Gasteiger partial charge in [0.1, 0.15) is 0 Å². The second-order valence-corrected chi connectivity index (χ2v) is 4.44. The molecule has 0 spiro atoms. The minimum atomic E-state index is 0.286. The van der Waals surface area contributed by atoms with Crippen LogP contribution in [0.15, 0.2) is 24.3 Å². The second-order valence-electron chi connectivity index (χ2n) is 4.44. The summed E-state index contributed by atoms with van der Waals surface area (Å²) in [4.78, 5) is 0. The number of hydrogen-bond donors (Lipinski definition) is 0. The molecule has 0 nitrogen and oxygen atoms in total. The lowest BCUT2D eigenvalue weighted by atomic mass is 9.68. The third-order valence-electron chi connectivity index (χ3n) is 2.75. The van der Waals surface area contributed by atoms with Crippen molar-refractivity contribution in [2.45, 2.75) is 33.6 Å². The lowest BCUT2D eigenvalue weighted by Crippen LogP contribution is -2.25. The quantitative estimate of drug-likeness (QED) is 0.463. The molecule has 0 heterocycles. The highest BCUT2D eigenvalue weighted by molar-refractivity contribution is 5.22. The topological polar surface area (TPSA) is 0 Å². The highest BCUT2D eigenvalue weighted by Crippen LogP contribution is 2.43. The Balaban J connectivity index is 2.83. The summed E-state index contributed by atoms with van der Waals surface area (Å²) in [5.74, 6) is 0.631. The van der Waals surface area contributed by atoms with E-state index in [9.17, 15) is 0 Å². The number of hydrogen-bond acceptors (Lipinski definition) is 0. The van der Waals surface area contributed by atoms with Crippen LogP contribution in [-0.2, 0) is 0 Å². The minimum Gasteiger partial charge on any atom is -0.0998 e. The second kappa shape index (κ2) is 2.51. The molecule has 0 unspecified atom stereocenters. The Hall–Kier alpha value is -0.520. The van der Waals surface area contributed by atoms with Gasteiger partial charge < -0.3 is 0 Å². The molecular formula is C11H18. The molecule has 1 atom stereocenters. The van der Waals surface area contributed by atoms with Crippen LogP contribution in [0.2, 0.25) is 0 Å². The molecule has 0 saturated heterocycles. The lowest BCUT2D eigenvalue weighted by Gasteiger charge is -2.37. The van der Waals surface area contributed by atoms with E-state index in [1.54, 1.807) is 0 Å². The van der Waals surface area contributed by atoms with Crippen LogP contribution >= 0.6 is 0 Å². The average molecular weight is 150 g/mol. The zero-order valence-corrected chi connectivity index (χ0v) is 7.91. The van der Waals surface area contributed by atoms with Crippen molar-refractivity contribution in [2.75, 3.05) is 0 Å². The van der Waals surface area contributed by atoms with Crippen molar-refractivity contribution < 1.29 is 0 Å². The SMILES string of the molecule is C=C1C[C@@H](C)C(=C)C(C)(C)C1.